The minimum absolute atomic E-state index is 0.118. The molecule has 108 valence electrons. The van der Waals surface area contributed by atoms with Crippen LogP contribution in [0.3, 0.4) is 0 Å². The van der Waals surface area contributed by atoms with Crippen molar-refractivity contribution in [2.24, 2.45) is 12.9 Å². The number of hydrazine groups is 1. The highest BCUT2D eigenvalue weighted by Crippen LogP contribution is 2.29. The van der Waals surface area contributed by atoms with Crippen molar-refractivity contribution < 1.29 is 0 Å². The van der Waals surface area contributed by atoms with E-state index in [0.717, 1.165) is 34.0 Å². The predicted molar refractivity (Wildman–Crippen MR) is 83.5 cm³/mol. The molecule has 5 nitrogen and oxygen atoms in total. The summed E-state index contributed by atoms with van der Waals surface area (Å²) in [7, 11) is 1.93. The Morgan fingerprint density at radius 1 is 1.24 bits per heavy atom. The minimum Gasteiger partial charge on any atom is -0.275 e. The van der Waals surface area contributed by atoms with E-state index in [0.29, 0.717) is 0 Å². The molecule has 1 unspecified atom stereocenters. The van der Waals surface area contributed by atoms with Gasteiger partial charge >= 0.3 is 0 Å². The third-order valence-corrected chi connectivity index (χ3v) is 3.76. The van der Waals surface area contributed by atoms with Crippen LogP contribution in [0.4, 0.5) is 0 Å². The molecule has 0 amide bonds. The van der Waals surface area contributed by atoms with E-state index >= 15 is 0 Å². The molecular formula is C16H19N5. The Morgan fingerprint density at radius 2 is 2.05 bits per heavy atom. The summed E-state index contributed by atoms with van der Waals surface area (Å²) in [5.41, 5.74) is 6.14. The summed E-state index contributed by atoms with van der Waals surface area (Å²) < 4.78 is 1.83. The van der Waals surface area contributed by atoms with Crippen LogP contribution in [0.5, 0.6) is 0 Å². The summed E-state index contributed by atoms with van der Waals surface area (Å²) in [6.07, 6.45) is 6.63. The van der Waals surface area contributed by atoms with Crippen LogP contribution in [0.15, 0.2) is 42.9 Å². The number of hydrogen-bond acceptors (Lipinski definition) is 4. The van der Waals surface area contributed by atoms with E-state index in [1.165, 1.54) is 0 Å². The summed E-state index contributed by atoms with van der Waals surface area (Å²) in [6.45, 7) is 2.10. The van der Waals surface area contributed by atoms with Crippen molar-refractivity contribution in [2.45, 2.75) is 19.4 Å². The smallest absolute Gasteiger partial charge is 0.0764 e. The first-order chi connectivity index (χ1) is 10.2. The van der Waals surface area contributed by atoms with E-state index in [2.05, 4.69) is 34.6 Å². The number of nitrogens with one attached hydrogen (secondary N) is 1. The normalized spacial score (nSPS) is 12.7. The van der Waals surface area contributed by atoms with Crippen LogP contribution in [0.1, 0.15) is 29.8 Å². The van der Waals surface area contributed by atoms with Crippen LogP contribution in [0.25, 0.3) is 10.8 Å². The highest BCUT2D eigenvalue weighted by Gasteiger charge is 2.20. The zero-order valence-electron chi connectivity index (χ0n) is 12.2. The van der Waals surface area contributed by atoms with Crippen molar-refractivity contribution in [3.63, 3.8) is 0 Å². The molecule has 2 aromatic heterocycles. The van der Waals surface area contributed by atoms with Crippen molar-refractivity contribution in [1.29, 1.82) is 0 Å². The Hall–Kier alpha value is -2.24. The van der Waals surface area contributed by atoms with Crippen molar-refractivity contribution in [3.8, 4) is 0 Å². The molecule has 0 bridgehead atoms. The van der Waals surface area contributed by atoms with Gasteiger partial charge in [-0.05, 0) is 11.8 Å². The molecule has 0 aliphatic rings. The van der Waals surface area contributed by atoms with E-state index in [-0.39, 0.29) is 6.04 Å². The van der Waals surface area contributed by atoms with Crippen LogP contribution < -0.4 is 11.3 Å². The highest BCUT2D eigenvalue weighted by atomic mass is 15.3. The standard InChI is InChI=1S/C16H19N5/c1-3-15-14(10-21(2)20-15)16(19-17)13-9-18-8-11-6-4-5-7-12(11)13/h4-10,16,19H,3,17H2,1-2H3. The first-order valence-electron chi connectivity index (χ1n) is 7.05. The summed E-state index contributed by atoms with van der Waals surface area (Å²) in [5.74, 6) is 5.85. The van der Waals surface area contributed by atoms with Gasteiger partial charge in [0, 0.05) is 42.2 Å². The highest BCUT2D eigenvalue weighted by molar-refractivity contribution is 5.85. The third kappa shape index (κ3) is 2.41. The van der Waals surface area contributed by atoms with Crippen LogP contribution >= 0.6 is 0 Å². The van der Waals surface area contributed by atoms with E-state index in [9.17, 15) is 0 Å². The van der Waals surface area contributed by atoms with Gasteiger partial charge in [0.2, 0.25) is 0 Å². The fraction of sp³-hybridized carbons (Fsp3) is 0.250. The maximum absolute atomic E-state index is 5.85. The summed E-state index contributed by atoms with van der Waals surface area (Å²) in [5, 5.41) is 6.77. The lowest BCUT2D eigenvalue weighted by atomic mass is 9.96. The van der Waals surface area contributed by atoms with E-state index in [4.69, 9.17) is 5.84 Å². The quantitative estimate of drug-likeness (QED) is 0.567. The number of aryl methyl sites for hydroxylation is 2. The van der Waals surface area contributed by atoms with Gasteiger partial charge in [-0.1, -0.05) is 31.2 Å². The summed E-state index contributed by atoms with van der Waals surface area (Å²) in [6, 6.07) is 8.08. The van der Waals surface area contributed by atoms with Gasteiger partial charge in [-0.3, -0.25) is 15.5 Å². The number of rotatable bonds is 4. The largest absolute Gasteiger partial charge is 0.275 e. The Kier molecular flexibility index (Phi) is 3.68. The fourth-order valence-corrected chi connectivity index (χ4v) is 2.79. The lowest BCUT2D eigenvalue weighted by molar-refractivity contribution is 0.633. The fourth-order valence-electron chi connectivity index (χ4n) is 2.79. The topological polar surface area (TPSA) is 68.8 Å². The van der Waals surface area contributed by atoms with Gasteiger partial charge in [0.25, 0.3) is 0 Å². The average Bonchev–Trinajstić information content (AvgIpc) is 2.89. The summed E-state index contributed by atoms with van der Waals surface area (Å²) >= 11 is 0. The van der Waals surface area contributed by atoms with Gasteiger partial charge in [0.1, 0.15) is 0 Å². The number of pyridine rings is 1. The van der Waals surface area contributed by atoms with Gasteiger partial charge in [-0.25, -0.2) is 5.43 Å². The molecule has 0 saturated heterocycles. The molecule has 1 atom stereocenters. The number of nitrogens with zero attached hydrogens (tertiary/aromatic N) is 3. The first-order valence-corrected chi connectivity index (χ1v) is 7.05. The number of fused-ring (bicyclic) bond motifs is 1. The number of aromatic nitrogens is 3. The van der Waals surface area contributed by atoms with Gasteiger partial charge in [-0.15, -0.1) is 0 Å². The molecule has 0 fully saturated rings. The van der Waals surface area contributed by atoms with Crippen LogP contribution in [-0.4, -0.2) is 14.8 Å². The average molecular weight is 281 g/mol. The molecule has 2 heterocycles. The third-order valence-electron chi connectivity index (χ3n) is 3.76. The summed E-state index contributed by atoms with van der Waals surface area (Å²) in [4.78, 5) is 4.35. The van der Waals surface area contributed by atoms with E-state index in [1.807, 2.05) is 42.5 Å². The minimum atomic E-state index is -0.118. The first kappa shape index (κ1) is 13.7. The van der Waals surface area contributed by atoms with Crippen molar-refractivity contribution in [3.05, 3.63) is 59.7 Å². The molecule has 0 aliphatic heterocycles. The van der Waals surface area contributed by atoms with Gasteiger partial charge in [0.15, 0.2) is 0 Å². The number of nitrogens with two attached hydrogens (primary N) is 1. The van der Waals surface area contributed by atoms with Crippen molar-refractivity contribution >= 4 is 10.8 Å². The van der Waals surface area contributed by atoms with E-state index in [1.54, 1.807) is 0 Å². The molecular weight excluding hydrogens is 262 g/mol. The molecule has 0 spiro atoms. The second kappa shape index (κ2) is 5.63. The van der Waals surface area contributed by atoms with Gasteiger partial charge in [-0.2, -0.15) is 5.10 Å². The molecule has 0 aliphatic carbocycles. The van der Waals surface area contributed by atoms with Crippen molar-refractivity contribution in [2.75, 3.05) is 0 Å². The molecule has 1 aromatic carbocycles. The molecule has 5 heteroatoms. The van der Waals surface area contributed by atoms with Crippen LogP contribution in [0.2, 0.25) is 0 Å². The molecule has 21 heavy (non-hydrogen) atoms. The zero-order chi connectivity index (χ0) is 14.8. The Balaban J connectivity index is 2.18. The second-order valence-corrected chi connectivity index (χ2v) is 5.11. The zero-order valence-corrected chi connectivity index (χ0v) is 12.2. The van der Waals surface area contributed by atoms with Crippen LogP contribution in [0, 0.1) is 0 Å². The number of benzene rings is 1. The lowest BCUT2D eigenvalue weighted by Crippen LogP contribution is -2.29. The van der Waals surface area contributed by atoms with Crippen molar-refractivity contribution in [1.82, 2.24) is 20.2 Å². The number of hydrogen-bond donors (Lipinski definition) is 2. The maximum Gasteiger partial charge on any atom is 0.0764 e. The van der Waals surface area contributed by atoms with Gasteiger partial charge in [0.05, 0.1) is 11.7 Å². The van der Waals surface area contributed by atoms with Crippen LogP contribution in [-0.2, 0) is 13.5 Å². The Bertz CT molecular complexity index is 757. The predicted octanol–water partition coefficient (Wildman–Crippen LogP) is 2.08. The molecule has 0 radical (unpaired) electrons. The maximum atomic E-state index is 5.85. The Morgan fingerprint density at radius 3 is 2.81 bits per heavy atom. The van der Waals surface area contributed by atoms with E-state index < -0.39 is 0 Å². The van der Waals surface area contributed by atoms with Gasteiger partial charge < -0.3 is 0 Å². The molecule has 3 aromatic rings. The Labute approximate surface area is 123 Å². The SMILES string of the molecule is CCc1nn(C)cc1C(NN)c1cncc2ccccc12. The molecule has 3 rings (SSSR count). The lowest BCUT2D eigenvalue weighted by Gasteiger charge is -2.18. The molecule has 0 saturated carbocycles. The second-order valence-electron chi connectivity index (χ2n) is 5.11. The monoisotopic (exact) mass is 281 g/mol. The molecule has 3 N–H and O–H groups in total.